The Morgan fingerprint density at radius 1 is 0.410 bits per heavy atom. The molecule has 16 fully saturated rings. The van der Waals surface area contributed by atoms with Crippen molar-refractivity contribution < 1.29 is 126 Å². The van der Waals surface area contributed by atoms with E-state index in [0.29, 0.717) is 56.0 Å². The minimum Gasteiger partial charge on any atom is -0.459 e. The largest absolute Gasteiger partial charge is 0.459 e. The molecule has 688 valence electrons. The summed E-state index contributed by atoms with van der Waals surface area (Å²) >= 11 is 0. The van der Waals surface area contributed by atoms with Crippen LogP contribution in [0, 0.1) is 69.0 Å². The van der Waals surface area contributed by atoms with Crippen LogP contribution in [0.1, 0.15) is 263 Å². The first-order valence-corrected chi connectivity index (χ1v) is 47.7. The molecule has 18 aliphatic rings. The lowest BCUT2D eigenvalue weighted by molar-refractivity contribution is -0.330. The molecular weight excluding hydrogens is 1570 g/mol. The molecular formula is C94H146N2O26. The third kappa shape index (κ3) is 17.2. The summed E-state index contributed by atoms with van der Waals surface area (Å²) in [6.07, 6.45) is 13.8. The molecule has 28 heteroatoms. The van der Waals surface area contributed by atoms with Gasteiger partial charge in [-0.3, -0.25) is 19.4 Å². The van der Waals surface area contributed by atoms with Crippen LogP contribution in [0.2, 0.25) is 0 Å². The van der Waals surface area contributed by atoms with Gasteiger partial charge in [0, 0.05) is 114 Å². The van der Waals surface area contributed by atoms with E-state index in [9.17, 15) is 49.8 Å². The molecule has 0 aromatic carbocycles. The van der Waals surface area contributed by atoms with Crippen molar-refractivity contribution in [3.8, 4) is 0 Å². The standard InChI is InChI=1S/C49H75NO14.C45H71NO12/c1-26-24-50(33-9-8-10-33)18-15-42(57-26)63-45-27(2)59-44(23-39(45)61-30(5)52)64-46-28(3)58-43(22-38(46)60-29(4)51)62-34-13-16-47(6)32(20-34)11-12-36-37(47)21-40(53)48(7)35(14-17-49(36,48)55)31-19-41(54)56-25-31;1-24-22-46(29-7-6-8-29)16-13-38(53-24)57-41-25(2)55-40(21-35(41)48)58-42-26(3)54-39(20-34(42)47)56-30-11-14-43(4)28(18-30)9-10-32-33(43)19-36(49)44(5)31(12-15-45(32,44)51)27-17-37(50)52-23-27/h19,26-28,32-40,42-46,53,55H,8-18,20-25H2,1-7H3;17,24-26,28-36,38-42,47-49,51H,6-16,18-23H2,1-5H3/t26?,27-,28-,32?,34-,35+,36?,37?,38-,39-,40-,42?,43-,44-,45+,46+,47-,48-,49-;24?,25-,26-,28?,30-,31+,32?,33?,34-,35-,36-,38?,39-,40-,41+,42+,43-,44-,45-/m00/s1. The fraction of sp³-hybridized carbons (Fsp3) is 0.915. The van der Waals surface area contributed by atoms with Crippen molar-refractivity contribution in [2.45, 2.75) is 434 Å². The number of rotatable bonds is 18. The maximum absolute atomic E-state index is 12.7. The molecule has 0 bridgehead atoms. The van der Waals surface area contributed by atoms with E-state index in [1.807, 2.05) is 34.6 Å². The van der Waals surface area contributed by atoms with Crippen molar-refractivity contribution in [1.29, 1.82) is 0 Å². The van der Waals surface area contributed by atoms with Gasteiger partial charge in [-0.1, -0.05) is 40.5 Å². The van der Waals surface area contributed by atoms with Gasteiger partial charge in [0.05, 0.1) is 84.4 Å². The highest BCUT2D eigenvalue weighted by Crippen LogP contribution is 2.72. The van der Waals surface area contributed by atoms with Crippen LogP contribution in [0.3, 0.4) is 0 Å². The van der Waals surface area contributed by atoms with Crippen molar-refractivity contribution >= 4 is 23.9 Å². The Bertz CT molecular complexity index is 3730. The number of cyclic esters (lactones) is 2. The number of ether oxygens (including phenoxy) is 16. The summed E-state index contributed by atoms with van der Waals surface area (Å²) in [6, 6.07) is 1.26. The molecule has 18 rings (SSSR count). The summed E-state index contributed by atoms with van der Waals surface area (Å²) < 4.78 is 99.8. The summed E-state index contributed by atoms with van der Waals surface area (Å²) in [7, 11) is 0. The number of nitrogens with zero attached hydrogens (tertiary/aromatic N) is 2. The number of hydrogen-bond donors (Lipinski definition) is 6. The average molecular weight is 1720 g/mol. The first-order chi connectivity index (χ1) is 58.1. The normalized spacial score (nSPS) is 50.6. The van der Waals surface area contributed by atoms with E-state index in [0.717, 1.165) is 121 Å². The third-order valence-corrected chi connectivity index (χ3v) is 35.4. The van der Waals surface area contributed by atoms with Gasteiger partial charge in [-0.05, 0) is 239 Å². The summed E-state index contributed by atoms with van der Waals surface area (Å²) in [6.45, 7) is 27.4. The Morgan fingerprint density at radius 2 is 0.779 bits per heavy atom. The molecule has 0 radical (unpaired) electrons. The van der Waals surface area contributed by atoms with Crippen LogP contribution >= 0.6 is 0 Å². The second kappa shape index (κ2) is 36.0. The van der Waals surface area contributed by atoms with Crippen LogP contribution < -0.4 is 0 Å². The second-order valence-electron chi connectivity index (χ2n) is 42.2. The number of aliphatic hydroxyl groups is 6. The highest BCUT2D eigenvalue weighted by molar-refractivity contribution is 5.86. The lowest BCUT2D eigenvalue weighted by atomic mass is 9.42. The molecule has 0 amide bonds. The Balaban J connectivity index is 0.000000174. The highest BCUT2D eigenvalue weighted by atomic mass is 16.8. The van der Waals surface area contributed by atoms with Gasteiger partial charge in [0.1, 0.15) is 49.8 Å². The molecule has 28 nitrogen and oxygen atoms in total. The predicted octanol–water partition coefficient (Wildman–Crippen LogP) is 9.84. The average Bonchev–Trinajstić information content (AvgIpc) is 1.41. The smallest absolute Gasteiger partial charge is 0.331 e. The molecule has 38 atom stereocenters. The Labute approximate surface area is 721 Å². The minimum atomic E-state index is -1.03. The zero-order valence-corrected chi connectivity index (χ0v) is 74.6. The van der Waals surface area contributed by atoms with Crippen LogP contribution in [0.25, 0.3) is 0 Å². The van der Waals surface area contributed by atoms with Crippen LogP contribution in [0.4, 0.5) is 0 Å². The molecule has 8 aliphatic heterocycles. The SMILES string of the molecule is CC(=O)O[C@H]1C[C@H](O[C@@H]2[C@H](C)O[C@@H](O[C@H]3CC[C@@]4(C)C(CCC5C4C[C@H](O)[C@]4(C)[C@@H](C6=CC(=O)OC6)CC[C@]54O)C3)C[C@@H]2OC(C)=O)O[C@@H](C)[C@H]1OC1CCN(C2CCC2)CC(C)O1.CC1CN(C2CCC2)CCC(O[C@@H]2[C@H](C)O[C@@H](O[C@@H]3[C@H](C)O[C@@H](O[C@H]4CC[C@@]5(C)C(CCC6C5C[C@H](O)[C@]5(C)[C@@H](C7=CC(=O)OC7)CC[C@]65O)C4)C[C@@H]3O)C[C@@H]2O)O1. The van der Waals surface area contributed by atoms with Crippen LogP contribution in [0.5, 0.6) is 0 Å². The van der Waals surface area contributed by atoms with Crippen molar-refractivity contribution in [2.75, 3.05) is 39.4 Å². The molecule has 8 heterocycles. The van der Waals surface area contributed by atoms with E-state index in [1.54, 1.807) is 12.2 Å². The molecule has 122 heavy (non-hydrogen) atoms. The number of esters is 4. The van der Waals surface area contributed by atoms with Crippen LogP contribution in [0.15, 0.2) is 23.3 Å². The van der Waals surface area contributed by atoms with Crippen LogP contribution in [-0.2, 0) is 95.0 Å². The predicted molar refractivity (Wildman–Crippen MR) is 439 cm³/mol. The molecule has 0 aromatic heterocycles. The Hall–Kier alpha value is -3.44. The van der Waals surface area contributed by atoms with E-state index in [-0.39, 0.29) is 122 Å². The van der Waals surface area contributed by atoms with Gasteiger partial charge >= 0.3 is 23.9 Å². The van der Waals surface area contributed by atoms with Gasteiger partial charge < -0.3 is 106 Å². The van der Waals surface area contributed by atoms with Gasteiger partial charge in [-0.25, -0.2) is 9.59 Å². The molecule has 6 saturated heterocycles. The van der Waals surface area contributed by atoms with Gasteiger partial charge in [-0.2, -0.15) is 0 Å². The summed E-state index contributed by atoms with van der Waals surface area (Å²) in [5.41, 5.74) is -1.77. The summed E-state index contributed by atoms with van der Waals surface area (Å²) in [5, 5.41) is 71.8. The highest BCUT2D eigenvalue weighted by Gasteiger charge is 2.73. The second-order valence-corrected chi connectivity index (χ2v) is 42.2. The topological polar surface area (TPSA) is 344 Å². The molecule has 0 spiro atoms. The van der Waals surface area contributed by atoms with E-state index < -0.39 is 157 Å². The number of hydrogen-bond acceptors (Lipinski definition) is 28. The lowest BCUT2D eigenvalue weighted by Crippen LogP contribution is -2.67. The van der Waals surface area contributed by atoms with E-state index in [4.69, 9.17) is 75.8 Å². The Kier molecular flexibility index (Phi) is 26.7. The minimum absolute atomic E-state index is 0.000849. The molecule has 6 N–H and O–H groups in total. The molecule has 0 aromatic rings. The fourth-order valence-corrected chi connectivity index (χ4v) is 28.4. The summed E-state index contributed by atoms with van der Waals surface area (Å²) in [4.78, 5) is 54.0. The monoisotopic (exact) mass is 1720 g/mol. The Morgan fingerprint density at radius 3 is 1.16 bits per heavy atom. The third-order valence-electron chi connectivity index (χ3n) is 35.4. The van der Waals surface area contributed by atoms with E-state index in [1.165, 1.54) is 52.4 Å². The fourth-order valence-electron chi connectivity index (χ4n) is 28.4. The zero-order valence-electron chi connectivity index (χ0n) is 74.6. The van der Waals surface area contributed by atoms with Gasteiger partial charge in [0.2, 0.25) is 0 Å². The summed E-state index contributed by atoms with van der Waals surface area (Å²) in [5.74, 6) is -0.422. The van der Waals surface area contributed by atoms with Crippen molar-refractivity contribution in [1.82, 2.24) is 9.80 Å². The van der Waals surface area contributed by atoms with E-state index >= 15 is 0 Å². The molecule has 10 unspecified atom stereocenters. The first kappa shape index (κ1) is 90.5. The molecule has 10 aliphatic carbocycles. The number of fused-ring (bicyclic) bond motifs is 10. The number of carbonyl (C=O) groups is 4. The maximum atomic E-state index is 12.7. The molecule has 10 saturated carbocycles. The van der Waals surface area contributed by atoms with Gasteiger partial charge in [-0.15, -0.1) is 0 Å². The number of carbonyl (C=O) groups excluding carboxylic acids is 4. The zero-order chi connectivity index (χ0) is 86.0. The van der Waals surface area contributed by atoms with Gasteiger partial charge in [0.25, 0.3) is 0 Å². The van der Waals surface area contributed by atoms with Crippen LogP contribution in [-0.4, -0.2) is 275 Å². The number of aliphatic hydroxyl groups excluding tert-OH is 4. The van der Waals surface area contributed by atoms with Crippen molar-refractivity contribution in [3.05, 3.63) is 23.3 Å². The van der Waals surface area contributed by atoms with Crippen molar-refractivity contribution in [2.24, 2.45) is 69.0 Å². The lowest BCUT2D eigenvalue weighted by Gasteiger charge is -2.65. The maximum Gasteiger partial charge on any atom is 0.331 e. The van der Waals surface area contributed by atoms with Crippen molar-refractivity contribution in [3.63, 3.8) is 0 Å². The first-order valence-electron chi connectivity index (χ1n) is 47.7. The van der Waals surface area contributed by atoms with E-state index in [2.05, 4.69) is 44.4 Å². The van der Waals surface area contributed by atoms with Gasteiger partial charge in [0.15, 0.2) is 37.7 Å². The quantitative estimate of drug-likeness (QED) is 0.0422.